The van der Waals surface area contributed by atoms with E-state index in [1.54, 1.807) is 4.57 Å². The Labute approximate surface area is 684 Å². The first kappa shape index (κ1) is 55.9. The minimum atomic E-state index is -0.783. The zero-order chi connectivity index (χ0) is 88.4. The molecule has 0 fully saturated rings. The third-order valence-electron chi connectivity index (χ3n) is 23.4. The summed E-state index contributed by atoms with van der Waals surface area (Å²) in [6.07, 6.45) is 0. The number of hydrogen-bond donors (Lipinski definition) is 0. The molecule has 21 rings (SSSR count). The second-order valence-electron chi connectivity index (χ2n) is 33.4. The molecule has 114 heavy (non-hydrogen) atoms. The molecule has 0 bridgehead atoms. The van der Waals surface area contributed by atoms with E-state index < -0.39 is 89.4 Å². The van der Waals surface area contributed by atoms with Crippen molar-refractivity contribution in [1.29, 1.82) is 0 Å². The molecule has 0 N–H and O–H groups in total. The summed E-state index contributed by atoms with van der Waals surface area (Å²) in [4.78, 5) is 4.76. The predicted octanol–water partition coefficient (Wildman–Crippen LogP) is 28.2. The monoisotopic (exact) mass is 1480 g/mol. The normalized spacial score (nSPS) is 14.5. The Bertz CT molecular complexity index is 7860. The van der Waals surface area contributed by atoms with Gasteiger partial charge in [-0.3, -0.25) is 0 Å². The molecule has 5 nitrogen and oxygen atoms in total. The van der Waals surface area contributed by atoms with Crippen LogP contribution in [0.25, 0.3) is 149 Å². The van der Waals surface area contributed by atoms with E-state index in [0.717, 1.165) is 144 Å². The maximum Gasteiger partial charge on any atom is 0.252 e. The molecule has 0 amide bonds. The van der Waals surface area contributed by atoms with E-state index in [2.05, 4.69) is 236 Å². The van der Waals surface area contributed by atoms with E-state index in [1.165, 1.54) is 0 Å². The second kappa shape index (κ2) is 26.1. The largest absolute Gasteiger partial charge is 0.455 e. The average Bonchev–Trinajstić information content (AvgIpc) is 1.27. The van der Waals surface area contributed by atoms with Crippen LogP contribution in [-0.2, 0) is 16.2 Å². The minimum Gasteiger partial charge on any atom is -0.455 e. The molecule has 0 spiro atoms. The van der Waals surface area contributed by atoms with Crippen molar-refractivity contribution in [3.8, 4) is 83.6 Å². The Morgan fingerprint density at radius 2 is 0.675 bits per heavy atom. The van der Waals surface area contributed by atoms with Crippen LogP contribution in [0.2, 0.25) is 0 Å². The molecule has 19 aromatic rings. The third-order valence-corrected chi connectivity index (χ3v) is 23.4. The Kier molecular flexibility index (Phi) is 12.8. The first-order valence-electron chi connectivity index (χ1n) is 45.5. The molecule has 0 saturated heterocycles. The van der Waals surface area contributed by atoms with Gasteiger partial charge in [-0.05, 0) is 185 Å². The first-order chi connectivity index (χ1) is 60.8. The van der Waals surface area contributed by atoms with Gasteiger partial charge in [0.25, 0.3) is 6.71 Å². The average molecular weight is 1480 g/mol. The molecule has 0 atom stereocenters. The molecule has 2 aliphatic heterocycles. The van der Waals surface area contributed by atoms with Crippen molar-refractivity contribution >= 4 is 123 Å². The zero-order valence-electron chi connectivity index (χ0n) is 77.6. The van der Waals surface area contributed by atoms with E-state index in [1.807, 2.05) is 103 Å². The highest BCUT2D eigenvalue weighted by Gasteiger charge is 2.47. The summed E-state index contributed by atoms with van der Waals surface area (Å²) < 4.78 is 140. The lowest BCUT2D eigenvalue weighted by Crippen LogP contribution is -2.61. The summed E-state index contributed by atoms with van der Waals surface area (Å²) in [6.45, 7) is 19.2. The summed E-state index contributed by atoms with van der Waals surface area (Å²) >= 11 is 0. The molecule has 5 heterocycles. The van der Waals surface area contributed by atoms with Gasteiger partial charge >= 0.3 is 0 Å². The van der Waals surface area contributed by atoms with Crippen LogP contribution < -0.4 is 26.2 Å². The number of fused-ring (bicyclic) bond motifs is 13. The predicted molar refractivity (Wildman–Crippen MR) is 484 cm³/mol. The van der Waals surface area contributed by atoms with Crippen LogP contribution in [0, 0.1) is 0 Å². The molecule has 0 radical (unpaired) electrons. The summed E-state index contributed by atoms with van der Waals surface area (Å²) in [5, 5.41) is 3.54. The van der Waals surface area contributed by atoms with Crippen LogP contribution in [0.1, 0.15) is 96.8 Å². The second-order valence-corrected chi connectivity index (χ2v) is 33.4. The standard InChI is InChI=1S/C108H84BN3O2/c1-106(2,3)75-60-87(73-39-27-37-70(57-73)67-31-13-10-14-32-67)102(89(62-75)85-47-29-45-83-81-43-21-25-51-99(81)113-104(83)85)111-95-59-72(69-35-17-12-18-36-69)53-55-91(95)109-92-56-54-78(110-93-49-23-19-41-79(93)80-42-20-24-50-94(80)110)66-96(92)112(98-65-77(108(7,8)9)64-97(111)101(98)109)103-88(74-40-28-38-71(58-74)68-33-15-11-16-34-68)61-76(107(4,5)6)63-90(103)86-48-30-46-84-82-44-22-26-52-100(82)114-105(84)86/h10-66H,1-9H3/i12D,17D,18D,19D,20D,23D,24D,35D,36D,41D,42D,49D,50D. The highest BCUT2D eigenvalue weighted by molar-refractivity contribution is 7.00. The van der Waals surface area contributed by atoms with E-state index in [9.17, 15) is 16.4 Å². The Morgan fingerprint density at radius 3 is 1.18 bits per heavy atom. The summed E-state index contributed by atoms with van der Waals surface area (Å²) in [6, 6.07) is 86.3. The first-order valence-corrected chi connectivity index (χ1v) is 39.0. The minimum absolute atomic E-state index is 0.00589. The fourth-order valence-electron chi connectivity index (χ4n) is 17.6. The zero-order valence-corrected chi connectivity index (χ0v) is 64.6. The van der Waals surface area contributed by atoms with E-state index in [-0.39, 0.29) is 39.5 Å². The van der Waals surface area contributed by atoms with Gasteiger partial charge in [0.2, 0.25) is 0 Å². The van der Waals surface area contributed by atoms with Crippen molar-refractivity contribution in [3.05, 3.63) is 362 Å². The highest BCUT2D eigenvalue weighted by atomic mass is 16.3. The molecule has 0 aliphatic carbocycles. The topological polar surface area (TPSA) is 37.7 Å². The number of hydrogen-bond acceptors (Lipinski definition) is 4. The SMILES string of the molecule is [2H]c1c([2H])c([2H])c(-c2ccc3c(c2)N(c2c(-c4cccc(-c5ccccc5)c4)cc(C(C)(C)C)cc2-c2cccc4c2oc2ccccc24)c2cc(C(C)(C)C)cc4c2B3c2ccc(-n3c5c([2H])c([2H])c([2H])c([2H])c5c5c([2H])c([2H])c([2H])c([2H])c53)cc2N4c2c(-c3cccc(-c4ccccc4)c3)cc(C(C)(C)C)cc2-c2cccc3c2oc2ccccc23)c([2H])c1[2H]. The third kappa shape index (κ3) is 11.1. The molecule has 3 aromatic heterocycles. The highest BCUT2D eigenvalue weighted by Crippen LogP contribution is 2.58. The van der Waals surface area contributed by atoms with Gasteiger partial charge in [-0.25, -0.2) is 0 Å². The number of aromatic nitrogens is 1. The maximum atomic E-state index is 10.0. The number of furan rings is 2. The van der Waals surface area contributed by atoms with Crippen molar-refractivity contribution in [2.45, 2.75) is 78.6 Å². The summed E-state index contributed by atoms with van der Waals surface area (Å²) in [7, 11) is 0. The lowest BCUT2D eigenvalue weighted by molar-refractivity contribution is 0.590. The van der Waals surface area contributed by atoms with Crippen molar-refractivity contribution in [3.63, 3.8) is 0 Å². The number of para-hydroxylation sites is 6. The van der Waals surface area contributed by atoms with Gasteiger partial charge < -0.3 is 23.2 Å². The lowest BCUT2D eigenvalue weighted by atomic mass is 9.33. The molecule has 0 saturated carbocycles. The van der Waals surface area contributed by atoms with Gasteiger partial charge in [-0.1, -0.05) is 317 Å². The molecule has 546 valence electrons. The van der Waals surface area contributed by atoms with Crippen LogP contribution >= 0.6 is 0 Å². The van der Waals surface area contributed by atoms with Crippen molar-refractivity contribution in [1.82, 2.24) is 4.57 Å². The molecule has 2 aliphatic rings. The Morgan fingerprint density at radius 1 is 0.281 bits per heavy atom. The van der Waals surface area contributed by atoms with Crippen LogP contribution in [0.4, 0.5) is 34.1 Å². The van der Waals surface area contributed by atoms with Crippen LogP contribution in [0.15, 0.2) is 354 Å². The Balaban J connectivity index is 0.990. The van der Waals surface area contributed by atoms with Crippen LogP contribution in [0.5, 0.6) is 0 Å². The van der Waals surface area contributed by atoms with E-state index in [0.29, 0.717) is 45.0 Å². The summed E-state index contributed by atoms with van der Waals surface area (Å²) in [5.41, 5.74) is 21.6. The molecular weight excluding hydrogens is 1380 g/mol. The maximum absolute atomic E-state index is 10.0. The van der Waals surface area contributed by atoms with Gasteiger partial charge in [-0.2, -0.15) is 0 Å². The van der Waals surface area contributed by atoms with Gasteiger partial charge in [0.1, 0.15) is 22.3 Å². The van der Waals surface area contributed by atoms with Gasteiger partial charge in [0.15, 0.2) is 0 Å². The fourth-order valence-corrected chi connectivity index (χ4v) is 17.6. The molecule has 0 unspecified atom stereocenters. The van der Waals surface area contributed by atoms with Crippen molar-refractivity contribution < 1.29 is 26.7 Å². The lowest BCUT2D eigenvalue weighted by Gasteiger charge is -2.47. The van der Waals surface area contributed by atoms with E-state index >= 15 is 0 Å². The number of rotatable bonds is 10. The van der Waals surface area contributed by atoms with E-state index in [4.69, 9.17) is 10.2 Å². The smallest absolute Gasteiger partial charge is 0.252 e. The number of nitrogens with zero attached hydrogens (tertiary/aromatic N) is 3. The number of benzene rings is 16. The summed E-state index contributed by atoms with van der Waals surface area (Å²) in [5.74, 6) is 0. The van der Waals surface area contributed by atoms with Crippen molar-refractivity contribution in [2.75, 3.05) is 9.80 Å². The molecular formula is C108H84BN3O2. The molecule has 6 heteroatoms. The van der Waals surface area contributed by atoms with Crippen molar-refractivity contribution in [2.24, 2.45) is 0 Å². The van der Waals surface area contributed by atoms with Crippen LogP contribution in [-0.4, -0.2) is 11.3 Å². The quantitative estimate of drug-likeness (QED) is 0.128. The fraction of sp³-hybridized carbons (Fsp3) is 0.111. The van der Waals surface area contributed by atoms with Gasteiger partial charge in [-0.15, -0.1) is 0 Å². The van der Waals surface area contributed by atoms with Crippen LogP contribution in [0.3, 0.4) is 0 Å². The number of anilines is 6. The van der Waals surface area contributed by atoms with Gasteiger partial charge in [0.05, 0.1) is 40.2 Å². The Hall–Kier alpha value is -13.4. The van der Waals surface area contributed by atoms with Gasteiger partial charge in [0, 0.05) is 94.1 Å². The molecule has 16 aromatic carbocycles.